The Morgan fingerprint density at radius 1 is 1.23 bits per heavy atom. The number of unbranched alkanes of at least 4 members (excludes halogenated alkanes) is 1. The number of H-pyrrole nitrogens is 1. The van der Waals surface area contributed by atoms with E-state index in [1.165, 1.54) is 28.7 Å². The van der Waals surface area contributed by atoms with Crippen molar-refractivity contribution in [1.29, 1.82) is 0 Å². The molecule has 0 bridgehead atoms. The molecule has 1 heterocycles. The van der Waals surface area contributed by atoms with Crippen molar-refractivity contribution in [2.75, 3.05) is 42.8 Å². The van der Waals surface area contributed by atoms with E-state index in [-0.39, 0.29) is 52.0 Å². The van der Waals surface area contributed by atoms with Crippen molar-refractivity contribution in [3.8, 4) is 0 Å². The van der Waals surface area contributed by atoms with E-state index in [4.69, 9.17) is 45.3 Å². The number of halogens is 3. The van der Waals surface area contributed by atoms with E-state index in [1.54, 1.807) is 0 Å². The second kappa shape index (κ2) is 11.4. The number of aromatic nitrogens is 2. The molecule has 170 valence electrons. The van der Waals surface area contributed by atoms with Crippen molar-refractivity contribution < 1.29 is 9.53 Å². The van der Waals surface area contributed by atoms with Gasteiger partial charge in [0.1, 0.15) is 11.5 Å². The Hall–Kier alpha value is -2.20. The second-order valence-electron chi connectivity index (χ2n) is 6.71. The highest BCUT2D eigenvalue weighted by molar-refractivity contribution is 6.44. The van der Waals surface area contributed by atoms with E-state index >= 15 is 0 Å². The zero-order valence-corrected chi connectivity index (χ0v) is 19.4. The van der Waals surface area contributed by atoms with Crippen molar-refractivity contribution in [1.82, 2.24) is 9.55 Å². The molecule has 1 amide bonds. The van der Waals surface area contributed by atoms with Crippen LogP contribution in [0.25, 0.3) is 0 Å². The van der Waals surface area contributed by atoms with Crippen molar-refractivity contribution in [3.05, 3.63) is 48.0 Å². The van der Waals surface area contributed by atoms with Gasteiger partial charge in [0.25, 0.3) is 5.56 Å². The standard InChI is InChI=1S/C19H24Cl3N5O4/c1-3-4-5-27-17(23)16(18(29)25-19(27)30)26(6-7-31-2)10-15(28)24-14-9-12(21)11(20)8-13(14)22/h8-9H,3-7,10,23H2,1-2H3,(H,24,28)(H,25,29,30). The maximum atomic E-state index is 12.7. The monoisotopic (exact) mass is 491 g/mol. The van der Waals surface area contributed by atoms with Gasteiger partial charge in [-0.1, -0.05) is 48.1 Å². The molecule has 0 aliphatic heterocycles. The van der Waals surface area contributed by atoms with Crippen LogP contribution in [0.5, 0.6) is 0 Å². The third-order valence-corrected chi connectivity index (χ3v) is 5.48. The van der Waals surface area contributed by atoms with Crippen molar-refractivity contribution in [3.63, 3.8) is 0 Å². The number of nitrogens with two attached hydrogens (primary N) is 1. The molecular weight excluding hydrogens is 469 g/mol. The fourth-order valence-electron chi connectivity index (χ4n) is 2.87. The maximum absolute atomic E-state index is 12.7. The number of rotatable bonds is 10. The molecule has 0 saturated carbocycles. The van der Waals surface area contributed by atoms with Gasteiger partial charge in [0.05, 0.1) is 33.9 Å². The van der Waals surface area contributed by atoms with Crippen molar-refractivity contribution >= 4 is 57.9 Å². The summed E-state index contributed by atoms with van der Waals surface area (Å²) in [6.45, 7) is 2.45. The van der Waals surface area contributed by atoms with Crippen LogP contribution in [0.15, 0.2) is 21.7 Å². The number of amides is 1. The molecular formula is C19H24Cl3N5O4. The Morgan fingerprint density at radius 3 is 2.55 bits per heavy atom. The number of ether oxygens (including phenoxy) is 1. The lowest BCUT2D eigenvalue weighted by molar-refractivity contribution is -0.115. The first-order chi connectivity index (χ1) is 14.7. The summed E-state index contributed by atoms with van der Waals surface area (Å²) >= 11 is 18.0. The molecule has 0 unspecified atom stereocenters. The lowest BCUT2D eigenvalue weighted by atomic mass is 10.3. The van der Waals surface area contributed by atoms with Crippen LogP contribution in [0.2, 0.25) is 15.1 Å². The van der Waals surface area contributed by atoms with E-state index in [0.717, 1.165) is 6.42 Å². The Balaban J connectivity index is 2.36. The van der Waals surface area contributed by atoms with E-state index < -0.39 is 17.2 Å². The number of methoxy groups -OCH3 is 1. The lowest BCUT2D eigenvalue weighted by Crippen LogP contribution is -2.42. The van der Waals surface area contributed by atoms with Crippen molar-refractivity contribution in [2.45, 2.75) is 26.3 Å². The summed E-state index contributed by atoms with van der Waals surface area (Å²) in [6.07, 6.45) is 1.53. The van der Waals surface area contributed by atoms with E-state index in [0.29, 0.717) is 13.0 Å². The van der Waals surface area contributed by atoms with Gasteiger partial charge in [0, 0.05) is 20.2 Å². The van der Waals surface area contributed by atoms with Gasteiger partial charge in [-0.2, -0.15) is 0 Å². The summed E-state index contributed by atoms with van der Waals surface area (Å²) < 4.78 is 6.38. The van der Waals surface area contributed by atoms with Gasteiger partial charge in [-0.15, -0.1) is 0 Å². The highest BCUT2D eigenvalue weighted by atomic mass is 35.5. The number of hydrogen-bond acceptors (Lipinski definition) is 6. The summed E-state index contributed by atoms with van der Waals surface area (Å²) in [5, 5.41) is 3.31. The molecule has 0 aliphatic carbocycles. The average molecular weight is 493 g/mol. The Morgan fingerprint density at radius 2 is 1.90 bits per heavy atom. The quantitative estimate of drug-likeness (QED) is 0.438. The third-order valence-electron chi connectivity index (χ3n) is 4.45. The molecule has 0 aliphatic rings. The molecule has 2 aromatic rings. The number of anilines is 3. The molecule has 0 fully saturated rings. The first-order valence-electron chi connectivity index (χ1n) is 9.50. The second-order valence-corrected chi connectivity index (χ2v) is 7.93. The first-order valence-corrected chi connectivity index (χ1v) is 10.6. The van der Waals surface area contributed by atoms with Crippen LogP contribution >= 0.6 is 34.8 Å². The van der Waals surface area contributed by atoms with E-state index in [2.05, 4.69) is 10.3 Å². The van der Waals surface area contributed by atoms with Gasteiger partial charge >= 0.3 is 5.69 Å². The number of carbonyl (C=O) groups is 1. The highest BCUT2D eigenvalue weighted by Crippen LogP contribution is 2.32. The highest BCUT2D eigenvalue weighted by Gasteiger charge is 2.21. The van der Waals surface area contributed by atoms with Crippen molar-refractivity contribution in [2.24, 2.45) is 0 Å². The molecule has 0 spiro atoms. The molecule has 12 heteroatoms. The number of hydrogen-bond donors (Lipinski definition) is 3. The van der Waals surface area contributed by atoms with Gasteiger partial charge < -0.3 is 20.7 Å². The van der Waals surface area contributed by atoms with E-state index in [1.807, 2.05) is 6.92 Å². The smallest absolute Gasteiger partial charge is 0.330 e. The number of nitrogen functional groups attached to an aromatic ring is 1. The average Bonchev–Trinajstić information content (AvgIpc) is 2.69. The number of benzene rings is 1. The topological polar surface area (TPSA) is 122 Å². The largest absolute Gasteiger partial charge is 0.383 e. The number of nitrogens with one attached hydrogen (secondary N) is 2. The summed E-state index contributed by atoms with van der Waals surface area (Å²) in [5.74, 6) is -0.500. The lowest BCUT2D eigenvalue weighted by Gasteiger charge is -2.25. The summed E-state index contributed by atoms with van der Waals surface area (Å²) in [5.41, 5.74) is 5.16. The number of aromatic amines is 1. The summed E-state index contributed by atoms with van der Waals surface area (Å²) in [7, 11) is 1.49. The van der Waals surface area contributed by atoms with Gasteiger partial charge in [-0.05, 0) is 18.6 Å². The van der Waals surface area contributed by atoms with Crippen LogP contribution in [-0.2, 0) is 16.1 Å². The van der Waals surface area contributed by atoms with Crippen LogP contribution in [0.1, 0.15) is 19.8 Å². The minimum absolute atomic E-state index is 0.0151. The Labute approximate surface area is 194 Å². The molecule has 1 aromatic heterocycles. The third kappa shape index (κ3) is 6.39. The SMILES string of the molecule is CCCCn1c(N)c(N(CCOC)CC(=O)Nc2cc(Cl)c(Cl)cc2Cl)c(=O)[nH]c1=O. The molecule has 0 atom stereocenters. The fourth-order valence-corrected chi connectivity index (χ4v) is 3.47. The first kappa shape index (κ1) is 25.1. The molecule has 31 heavy (non-hydrogen) atoms. The molecule has 0 saturated heterocycles. The molecule has 9 nitrogen and oxygen atoms in total. The molecule has 0 radical (unpaired) electrons. The summed E-state index contributed by atoms with van der Waals surface area (Å²) in [4.78, 5) is 41.1. The molecule has 2 rings (SSSR count). The van der Waals surface area contributed by atoms with E-state index in [9.17, 15) is 14.4 Å². The van der Waals surface area contributed by atoms with Crippen LogP contribution in [0, 0.1) is 0 Å². The molecule has 1 aromatic carbocycles. The fraction of sp³-hybridized carbons (Fsp3) is 0.421. The minimum Gasteiger partial charge on any atom is -0.383 e. The number of carbonyl (C=O) groups excluding carboxylic acids is 1. The van der Waals surface area contributed by atoms with Gasteiger partial charge in [-0.25, -0.2) is 4.79 Å². The van der Waals surface area contributed by atoms with Crippen LogP contribution in [0.3, 0.4) is 0 Å². The van der Waals surface area contributed by atoms with Gasteiger partial charge in [0.2, 0.25) is 5.91 Å². The number of nitrogens with zero attached hydrogens (tertiary/aromatic N) is 2. The predicted octanol–water partition coefficient (Wildman–Crippen LogP) is 2.97. The molecule has 4 N–H and O–H groups in total. The van der Waals surface area contributed by atoms with Crippen LogP contribution in [-0.4, -0.2) is 42.3 Å². The zero-order chi connectivity index (χ0) is 23.1. The maximum Gasteiger partial charge on any atom is 0.330 e. The normalized spacial score (nSPS) is 10.9. The van der Waals surface area contributed by atoms with Crippen LogP contribution < -0.4 is 27.2 Å². The summed E-state index contributed by atoms with van der Waals surface area (Å²) in [6, 6.07) is 2.84. The Kier molecular flexibility index (Phi) is 9.24. The Bertz CT molecular complexity index is 1050. The zero-order valence-electron chi connectivity index (χ0n) is 17.1. The van der Waals surface area contributed by atoms with Crippen LogP contribution in [0.4, 0.5) is 17.2 Å². The van der Waals surface area contributed by atoms with Gasteiger partial charge in [0.15, 0.2) is 0 Å². The minimum atomic E-state index is -0.688. The predicted molar refractivity (Wildman–Crippen MR) is 125 cm³/mol. The van der Waals surface area contributed by atoms with Gasteiger partial charge in [-0.3, -0.25) is 19.1 Å².